The van der Waals surface area contributed by atoms with E-state index in [1.165, 1.54) is 35.0 Å². The Bertz CT molecular complexity index is 853. The van der Waals surface area contributed by atoms with Crippen LogP contribution in [-0.4, -0.2) is 31.8 Å². The zero-order chi connectivity index (χ0) is 18.8. The Hall–Kier alpha value is -2.19. The lowest BCUT2D eigenvalue weighted by Gasteiger charge is -2.20. The molecule has 8 heteroatoms. The van der Waals surface area contributed by atoms with Gasteiger partial charge >= 0.3 is 6.16 Å². The van der Waals surface area contributed by atoms with Crippen LogP contribution >= 0.6 is 11.6 Å². The van der Waals surface area contributed by atoms with Crippen molar-refractivity contribution in [3.8, 4) is 16.9 Å². The smallest absolute Gasteiger partial charge is 0.415 e. The molecule has 1 aromatic heterocycles. The molecule has 0 saturated heterocycles. The molecular formula is C17H18ClNO6. The molecule has 1 aromatic carbocycles. The number of nitrogens with zero attached hydrogens (tertiary/aromatic N) is 1. The highest BCUT2D eigenvalue weighted by Gasteiger charge is 2.25. The summed E-state index contributed by atoms with van der Waals surface area (Å²) in [5.41, 5.74) is 0.304. The van der Waals surface area contributed by atoms with E-state index in [2.05, 4.69) is 0 Å². The van der Waals surface area contributed by atoms with E-state index in [0.717, 1.165) is 0 Å². The molecule has 0 unspecified atom stereocenters. The SMILES string of the molecule is CCC(=O)c1ccc(Cl)cc1-c1cc(=O)n(CC)cc1OC(O)(O)O. The first-order chi connectivity index (χ1) is 11.7. The topological polar surface area (TPSA) is 109 Å². The van der Waals surface area contributed by atoms with E-state index in [0.29, 0.717) is 22.7 Å². The van der Waals surface area contributed by atoms with Crippen molar-refractivity contribution in [3.05, 3.63) is 51.4 Å². The predicted molar refractivity (Wildman–Crippen MR) is 91.5 cm³/mol. The Morgan fingerprint density at radius 1 is 1.20 bits per heavy atom. The van der Waals surface area contributed by atoms with Gasteiger partial charge in [-0.2, -0.15) is 0 Å². The fraction of sp³-hybridized carbons (Fsp3) is 0.294. The Labute approximate surface area is 148 Å². The zero-order valence-corrected chi connectivity index (χ0v) is 14.4. The van der Waals surface area contributed by atoms with Crippen LogP contribution < -0.4 is 10.3 Å². The summed E-state index contributed by atoms with van der Waals surface area (Å²) in [6, 6.07) is 5.71. The highest BCUT2D eigenvalue weighted by atomic mass is 35.5. The van der Waals surface area contributed by atoms with Gasteiger partial charge in [-0.1, -0.05) is 18.5 Å². The number of pyridine rings is 1. The lowest BCUT2D eigenvalue weighted by molar-refractivity contribution is -0.419. The third-order valence-electron chi connectivity index (χ3n) is 3.57. The van der Waals surface area contributed by atoms with E-state index >= 15 is 0 Å². The van der Waals surface area contributed by atoms with Gasteiger partial charge in [-0.25, -0.2) is 0 Å². The number of hydrogen-bond acceptors (Lipinski definition) is 6. The number of hydrogen-bond donors (Lipinski definition) is 3. The molecular weight excluding hydrogens is 350 g/mol. The molecule has 7 nitrogen and oxygen atoms in total. The zero-order valence-electron chi connectivity index (χ0n) is 13.7. The van der Waals surface area contributed by atoms with Crippen molar-refractivity contribution in [1.82, 2.24) is 4.57 Å². The molecule has 0 saturated carbocycles. The van der Waals surface area contributed by atoms with Gasteiger partial charge in [0, 0.05) is 35.2 Å². The summed E-state index contributed by atoms with van der Waals surface area (Å²) >= 11 is 6.01. The number of aliphatic hydroxyl groups is 3. The highest BCUT2D eigenvalue weighted by Crippen LogP contribution is 2.34. The summed E-state index contributed by atoms with van der Waals surface area (Å²) in [4.78, 5) is 24.4. The van der Waals surface area contributed by atoms with Gasteiger partial charge in [-0.05, 0) is 30.7 Å². The lowest BCUT2D eigenvalue weighted by atomic mass is 9.96. The van der Waals surface area contributed by atoms with Gasteiger partial charge in [0.15, 0.2) is 11.5 Å². The Morgan fingerprint density at radius 2 is 1.88 bits per heavy atom. The normalized spacial score (nSPS) is 11.4. The second kappa shape index (κ2) is 7.37. The van der Waals surface area contributed by atoms with Gasteiger partial charge in [-0.3, -0.25) is 9.59 Å². The van der Waals surface area contributed by atoms with E-state index in [9.17, 15) is 9.59 Å². The van der Waals surface area contributed by atoms with Crippen LogP contribution in [0.15, 0.2) is 35.3 Å². The molecule has 0 fully saturated rings. The van der Waals surface area contributed by atoms with Crippen molar-refractivity contribution in [3.63, 3.8) is 0 Å². The number of carbonyl (C=O) groups is 1. The van der Waals surface area contributed by atoms with E-state index < -0.39 is 6.16 Å². The molecule has 25 heavy (non-hydrogen) atoms. The number of rotatable bonds is 6. The number of Topliss-reactive ketones (excluding diaryl/α,β-unsaturated/α-hetero) is 1. The van der Waals surface area contributed by atoms with Crippen molar-refractivity contribution in [1.29, 1.82) is 0 Å². The molecule has 3 N–H and O–H groups in total. The number of benzene rings is 1. The third kappa shape index (κ3) is 4.46. The summed E-state index contributed by atoms with van der Waals surface area (Å²) in [7, 11) is 0. The van der Waals surface area contributed by atoms with Crippen LogP contribution in [0.5, 0.6) is 5.75 Å². The first-order valence-corrected chi connectivity index (χ1v) is 7.97. The first kappa shape index (κ1) is 19.1. The molecule has 0 bridgehead atoms. The molecule has 0 aliphatic heterocycles. The summed E-state index contributed by atoms with van der Waals surface area (Å²) in [6.07, 6.45) is -2.00. The molecule has 0 atom stereocenters. The number of aryl methyl sites for hydroxylation is 1. The van der Waals surface area contributed by atoms with Crippen molar-refractivity contribution in [2.24, 2.45) is 0 Å². The van der Waals surface area contributed by atoms with Gasteiger partial charge in [0.05, 0.1) is 6.20 Å². The van der Waals surface area contributed by atoms with Gasteiger partial charge in [0.1, 0.15) is 0 Å². The summed E-state index contributed by atoms with van der Waals surface area (Å²) < 4.78 is 5.99. The third-order valence-corrected chi connectivity index (χ3v) is 3.81. The Kier molecular flexibility index (Phi) is 5.64. The highest BCUT2D eigenvalue weighted by molar-refractivity contribution is 6.31. The van der Waals surface area contributed by atoms with Crippen molar-refractivity contribution >= 4 is 17.4 Å². The molecule has 0 aliphatic rings. The maximum Gasteiger partial charge on any atom is 0.453 e. The predicted octanol–water partition coefficient (Wildman–Crippen LogP) is 1.75. The van der Waals surface area contributed by atoms with Crippen LogP contribution in [0.2, 0.25) is 5.02 Å². The standard InChI is InChI=1S/C17H18ClNO6/c1-3-14(20)11-6-5-10(18)7-12(11)13-8-16(21)19(4-2)9-15(13)25-17(22,23)24/h5-9,22-24H,3-4H2,1-2H3. The van der Waals surface area contributed by atoms with Crippen LogP contribution in [0, 0.1) is 0 Å². The molecule has 0 spiro atoms. The van der Waals surface area contributed by atoms with Crippen LogP contribution in [0.1, 0.15) is 30.6 Å². The van der Waals surface area contributed by atoms with Crippen molar-refractivity contribution < 1.29 is 24.9 Å². The lowest BCUT2D eigenvalue weighted by Crippen LogP contribution is -2.35. The summed E-state index contributed by atoms with van der Waals surface area (Å²) in [5.74, 6) is -0.387. The number of carbonyl (C=O) groups excluding carboxylic acids is 1. The number of ether oxygens (including phenoxy) is 1. The fourth-order valence-corrected chi connectivity index (χ4v) is 2.58. The van der Waals surface area contributed by atoms with Crippen LogP contribution in [0.4, 0.5) is 0 Å². The van der Waals surface area contributed by atoms with Gasteiger partial charge in [0.2, 0.25) is 0 Å². The monoisotopic (exact) mass is 367 g/mol. The fourth-order valence-electron chi connectivity index (χ4n) is 2.41. The summed E-state index contributed by atoms with van der Waals surface area (Å²) in [6.45, 7) is 3.69. The van der Waals surface area contributed by atoms with E-state index in [4.69, 9.17) is 31.7 Å². The maximum absolute atomic E-state index is 12.2. The number of aromatic nitrogens is 1. The van der Waals surface area contributed by atoms with E-state index in [1.54, 1.807) is 13.8 Å². The van der Waals surface area contributed by atoms with E-state index in [1.807, 2.05) is 0 Å². The molecule has 0 radical (unpaired) electrons. The Balaban J connectivity index is 2.78. The summed E-state index contributed by atoms with van der Waals surface area (Å²) in [5, 5.41) is 27.8. The average Bonchev–Trinajstić information content (AvgIpc) is 2.54. The number of halogens is 1. The second-order valence-corrected chi connectivity index (χ2v) is 5.75. The van der Waals surface area contributed by atoms with Crippen LogP contribution in [0.3, 0.4) is 0 Å². The second-order valence-electron chi connectivity index (χ2n) is 5.32. The minimum atomic E-state index is -3.45. The first-order valence-electron chi connectivity index (χ1n) is 7.60. The maximum atomic E-state index is 12.2. The van der Waals surface area contributed by atoms with Gasteiger partial charge < -0.3 is 24.6 Å². The number of ketones is 1. The van der Waals surface area contributed by atoms with E-state index in [-0.39, 0.29) is 29.1 Å². The largest absolute Gasteiger partial charge is 0.453 e. The quantitative estimate of drug-likeness (QED) is 0.530. The van der Waals surface area contributed by atoms with Gasteiger partial charge in [-0.15, -0.1) is 0 Å². The minimum Gasteiger partial charge on any atom is -0.415 e. The molecule has 0 amide bonds. The molecule has 0 aliphatic carbocycles. The van der Waals surface area contributed by atoms with Crippen LogP contribution in [-0.2, 0) is 6.54 Å². The minimum absolute atomic E-state index is 0.107. The molecule has 1 heterocycles. The van der Waals surface area contributed by atoms with Gasteiger partial charge in [0.25, 0.3) is 5.56 Å². The van der Waals surface area contributed by atoms with Crippen LogP contribution in [0.25, 0.3) is 11.1 Å². The average molecular weight is 368 g/mol. The molecule has 2 aromatic rings. The van der Waals surface area contributed by atoms with Crippen molar-refractivity contribution in [2.45, 2.75) is 33.0 Å². The Morgan fingerprint density at radius 3 is 2.44 bits per heavy atom. The van der Waals surface area contributed by atoms with Crippen molar-refractivity contribution in [2.75, 3.05) is 0 Å². The molecule has 134 valence electrons. The molecule has 2 rings (SSSR count).